The minimum absolute atomic E-state index is 0.0549. The molecule has 1 aromatic carbocycles. The lowest BCUT2D eigenvalue weighted by molar-refractivity contribution is -0.0546. The largest absolute Gasteiger partial charge is 0.497 e. The first-order chi connectivity index (χ1) is 13.8. The lowest BCUT2D eigenvalue weighted by Gasteiger charge is -2.36. The number of piperidine rings is 2. The predicted octanol–water partition coefficient (Wildman–Crippen LogP) is 1.81. The van der Waals surface area contributed by atoms with Gasteiger partial charge in [-0.3, -0.25) is 0 Å². The van der Waals surface area contributed by atoms with Crippen LogP contribution in [0.3, 0.4) is 0 Å². The molecule has 2 saturated heterocycles. The number of hydrogen-bond acceptors (Lipinski definition) is 5. The summed E-state index contributed by atoms with van der Waals surface area (Å²) in [6, 6.07) is 7.58. The molecule has 2 aliphatic rings. The van der Waals surface area contributed by atoms with Crippen molar-refractivity contribution >= 4 is 16.1 Å². The van der Waals surface area contributed by atoms with Gasteiger partial charge in [0.25, 0.3) is 0 Å². The number of likely N-dealkylation sites (tertiary alicyclic amines) is 1. The Hall–Kier alpha value is -1.84. The van der Waals surface area contributed by atoms with Gasteiger partial charge in [0.15, 0.2) is 0 Å². The second-order valence-electron chi connectivity index (χ2n) is 7.69. The van der Waals surface area contributed by atoms with Gasteiger partial charge in [0.1, 0.15) is 5.75 Å². The number of methoxy groups -OCH3 is 1. The molecule has 0 bridgehead atoms. The first-order valence-electron chi connectivity index (χ1n) is 10.1. The summed E-state index contributed by atoms with van der Waals surface area (Å²) in [5.41, 5.74) is 1.03. The molecule has 1 aromatic rings. The molecule has 0 saturated carbocycles. The number of hydrogen-bond donors (Lipinski definition) is 1. The molecule has 29 heavy (non-hydrogen) atoms. The monoisotopic (exact) mass is 425 g/mol. The number of carbonyl (C=O) groups is 1. The van der Waals surface area contributed by atoms with E-state index in [1.165, 1.54) is 10.6 Å². The average molecular weight is 426 g/mol. The number of rotatable bonds is 6. The second-order valence-corrected chi connectivity index (χ2v) is 9.67. The maximum Gasteiger partial charge on any atom is 0.317 e. The zero-order valence-corrected chi connectivity index (χ0v) is 18.0. The topological polar surface area (TPSA) is 88.2 Å². The summed E-state index contributed by atoms with van der Waals surface area (Å²) in [4.78, 5) is 14.2. The number of sulfonamides is 1. The molecule has 3 rings (SSSR count). The second kappa shape index (κ2) is 9.77. The smallest absolute Gasteiger partial charge is 0.317 e. The first kappa shape index (κ1) is 21.9. The van der Waals surface area contributed by atoms with Crippen molar-refractivity contribution < 1.29 is 22.7 Å². The molecule has 0 aliphatic carbocycles. The van der Waals surface area contributed by atoms with E-state index < -0.39 is 10.0 Å². The molecule has 8 nitrogen and oxygen atoms in total. The van der Waals surface area contributed by atoms with Crippen molar-refractivity contribution in [2.75, 3.05) is 39.5 Å². The summed E-state index contributed by atoms with van der Waals surface area (Å²) < 4.78 is 36.0. The van der Waals surface area contributed by atoms with E-state index in [9.17, 15) is 13.2 Å². The van der Waals surface area contributed by atoms with Gasteiger partial charge in [0, 0.05) is 32.7 Å². The summed E-state index contributed by atoms with van der Waals surface area (Å²) in [5.74, 6) is 0.796. The Morgan fingerprint density at radius 3 is 2.10 bits per heavy atom. The van der Waals surface area contributed by atoms with Crippen molar-refractivity contribution in [2.45, 2.75) is 44.4 Å². The molecule has 0 aromatic heterocycles. The number of urea groups is 1. The van der Waals surface area contributed by atoms with Gasteiger partial charge in [-0.1, -0.05) is 12.1 Å². The molecule has 2 fully saturated rings. The van der Waals surface area contributed by atoms with Crippen LogP contribution in [0, 0.1) is 0 Å². The molecule has 2 aliphatic heterocycles. The third kappa shape index (κ3) is 6.32. The summed E-state index contributed by atoms with van der Waals surface area (Å²) in [6.45, 7) is 2.87. The van der Waals surface area contributed by atoms with Crippen molar-refractivity contribution in [1.29, 1.82) is 0 Å². The van der Waals surface area contributed by atoms with E-state index >= 15 is 0 Å². The summed E-state index contributed by atoms with van der Waals surface area (Å²) in [6.07, 6.45) is 4.57. The highest BCUT2D eigenvalue weighted by molar-refractivity contribution is 7.88. The minimum Gasteiger partial charge on any atom is -0.497 e. The summed E-state index contributed by atoms with van der Waals surface area (Å²) in [7, 11) is -1.48. The van der Waals surface area contributed by atoms with Gasteiger partial charge in [-0.15, -0.1) is 0 Å². The average Bonchev–Trinajstić information content (AvgIpc) is 2.72. The van der Waals surface area contributed by atoms with E-state index in [1.54, 1.807) is 7.11 Å². The predicted molar refractivity (Wildman–Crippen MR) is 110 cm³/mol. The first-order valence-corrected chi connectivity index (χ1v) is 12.0. The Bertz CT molecular complexity index is 768. The molecular weight excluding hydrogens is 394 g/mol. The number of amides is 2. The maximum atomic E-state index is 12.4. The van der Waals surface area contributed by atoms with Gasteiger partial charge >= 0.3 is 6.03 Å². The Kier molecular flexibility index (Phi) is 7.37. The van der Waals surface area contributed by atoms with Crippen LogP contribution in [-0.2, 0) is 21.3 Å². The van der Waals surface area contributed by atoms with Gasteiger partial charge in [-0.05, 0) is 43.4 Å². The minimum atomic E-state index is -3.11. The Balaban J connectivity index is 1.36. The zero-order valence-electron chi connectivity index (χ0n) is 17.2. The quantitative estimate of drug-likeness (QED) is 0.751. The van der Waals surface area contributed by atoms with E-state index in [1.807, 2.05) is 29.2 Å². The highest BCUT2D eigenvalue weighted by Crippen LogP contribution is 2.22. The Morgan fingerprint density at radius 2 is 1.59 bits per heavy atom. The van der Waals surface area contributed by atoms with Crippen LogP contribution in [0.15, 0.2) is 24.3 Å². The SMILES string of the molecule is COc1ccc(CNC(=O)N2CCC(OC3CCN(S(C)(=O)=O)CC3)CC2)cc1. The van der Waals surface area contributed by atoms with Crippen LogP contribution in [-0.4, -0.2) is 75.4 Å². The molecule has 1 N–H and O–H groups in total. The lowest BCUT2D eigenvalue weighted by Crippen LogP contribution is -2.47. The highest BCUT2D eigenvalue weighted by atomic mass is 32.2. The van der Waals surface area contributed by atoms with Crippen LogP contribution < -0.4 is 10.1 Å². The van der Waals surface area contributed by atoms with Crippen LogP contribution in [0.4, 0.5) is 4.79 Å². The fourth-order valence-corrected chi connectivity index (χ4v) is 4.67. The van der Waals surface area contributed by atoms with Crippen LogP contribution >= 0.6 is 0 Å². The molecule has 0 spiro atoms. The van der Waals surface area contributed by atoms with E-state index in [-0.39, 0.29) is 18.2 Å². The van der Waals surface area contributed by atoms with Crippen molar-refractivity contribution in [3.63, 3.8) is 0 Å². The van der Waals surface area contributed by atoms with Gasteiger partial charge in [0.2, 0.25) is 10.0 Å². The molecule has 162 valence electrons. The molecule has 2 amide bonds. The number of carbonyl (C=O) groups excluding carboxylic acids is 1. The van der Waals surface area contributed by atoms with E-state index in [0.717, 1.165) is 37.0 Å². The van der Waals surface area contributed by atoms with Crippen molar-refractivity contribution in [2.24, 2.45) is 0 Å². The van der Waals surface area contributed by atoms with E-state index in [4.69, 9.17) is 9.47 Å². The van der Waals surface area contributed by atoms with E-state index in [2.05, 4.69) is 5.32 Å². The Labute approximate surface area is 173 Å². The Morgan fingerprint density at radius 1 is 1.03 bits per heavy atom. The van der Waals surface area contributed by atoms with Gasteiger partial charge < -0.3 is 19.7 Å². The van der Waals surface area contributed by atoms with Gasteiger partial charge in [-0.25, -0.2) is 17.5 Å². The lowest BCUT2D eigenvalue weighted by atomic mass is 10.1. The molecule has 0 radical (unpaired) electrons. The molecule has 9 heteroatoms. The highest BCUT2D eigenvalue weighted by Gasteiger charge is 2.29. The fraction of sp³-hybridized carbons (Fsp3) is 0.650. The maximum absolute atomic E-state index is 12.4. The van der Waals surface area contributed by atoms with Crippen molar-refractivity contribution in [3.8, 4) is 5.75 Å². The standard InChI is InChI=1S/C20H31N3O5S/c1-27-17-5-3-16(4-6-17)15-21-20(24)22-11-7-18(8-12-22)28-19-9-13-23(14-10-19)29(2,25)26/h3-6,18-19H,7-15H2,1-2H3,(H,21,24). The molecule has 0 atom stereocenters. The third-order valence-electron chi connectivity index (χ3n) is 5.59. The van der Waals surface area contributed by atoms with Crippen LogP contribution in [0.1, 0.15) is 31.2 Å². The molecular formula is C20H31N3O5S. The van der Waals surface area contributed by atoms with E-state index in [0.29, 0.717) is 32.7 Å². The zero-order chi connectivity index (χ0) is 20.9. The van der Waals surface area contributed by atoms with Crippen molar-refractivity contribution in [3.05, 3.63) is 29.8 Å². The van der Waals surface area contributed by atoms with Gasteiger partial charge in [0.05, 0.1) is 25.6 Å². The third-order valence-corrected chi connectivity index (χ3v) is 6.89. The molecule has 0 unspecified atom stereocenters. The number of nitrogens with one attached hydrogen (secondary N) is 1. The summed E-state index contributed by atoms with van der Waals surface area (Å²) >= 11 is 0. The summed E-state index contributed by atoms with van der Waals surface area (Å²) in [5, 5.41) is 2.96. The number of ether oxygens (including phenoxy) is 2. The van der Waals surface area contributed by atoms with Crippen LogP contribution in [0.5, 0.6) is 5.75 Å². The van der Waals surface area contributed by atoms with Crippen LogP contribution in [0.2, 0.25) is 0 Å². The molecule has 2 heterocycles. The normalized spacial score (nSPS) is 19.9. The number of nitrogens with zero attached hydrogens (tertiary/aromatic N) is 2. The fourth-order valence-electron chi connectivity index (χ4n) is 3.80. The van der Waals surface area contributed by atoms with Gasteiger partial charge in [-0.2, -0.15) is 0 Å². The van der Waals surface area contributed by atoms with Crippen molar-refractivity contribution in [1.82, 2.24) is 14.5 Å². The number of benzene rings is 1. The van der Waals surface area contributed by atoms with Crippen LogP contribution in [0.25, 0.3) is 0 Å².